The summed E-state index contributed by atoms with van der Waals surface area (Å²) in [4.78, 5) is 16.5. The van der Waals surface area contributed by atoms with Crippen molar-refractivity contribution in [3.8, 4) is 33.6 Å². The van der Waals surface area contributed by atoms with Crippen LogP contribution in [-0.2, 0) is 13.0 Å². The van der Waals surface area contributed by atoms with Crippen LogP contribution >= 0.6 is 11.6 Å². The zero-order chi connectivity index (χ0) is 25.8. The number of carbonyl (C=O) groups excluding carboxylic acids is 1. The summed E-state index contributed by atoms with van der Waals surface area (Å²) >= 11 is 6.27. The molecule has 0 aliphatic heterocycles. The van der Waals surface area contributed by atoms with E-state index in [1.807, 2.05) is 41.0 Å². The van der Waals surface area contributed by atoms with Crippen molar-refractivity contribution in [2.24, 2.45) is 5.73 Å². The number of nitrogens with zero attached hydrogens (tertiary/aromatic N) is 5. The van der Waals surface area contributed by atoms with Gasteiger partial charge in [-0.3, -0.25) is 4.79 Å². The van der Waals surface area contributed by atoms with Crippen LogP contribution in [0, 0.1) is 0 Å². The van der Waals surface area contributed by atoms with Crippen LogP contribution in [0.4, 0.5) is 0 Å². The number of tetrazole rings is 1. The van der Waals surface area contributed by atoms with E-state index in [0.29, 0.717) is 12.4 Å². The maximum Gasteiger partial charge on any atom is 0.268 e. The highest BCUT2D eigenvalue weighted by atomic mass is 35.5. The molecule has 0 radical (unpaired) electrons. The Hall–Kier alpha value is -4.30. The summed E-state index contributed by atoms with van der Waals surface area (Å²) in [7, 11) is 0. The largest absolute Gasteiger partial charge is 0.364 e. The van der Waals surface area contributed by atoms with E-state index in [1.54, 1.807) is 0 Å². The Morgan fingerprint density at radius 3 is 2.41 bits per heavy atom. The minimum atomic E-state index is -0.584. The average Bonchev–Trinajstić information content (AvgIpc) is 3.56. The van der Waals surface area contributed by atoms with Gasteiger partial charge in [-0.15, -0.1) is 10.2 Å². The summed E-state index contributed by atoms with van der Waals surface area (Å²) in [6.45, 7) is 2.55. The molecule has 0 saturated heterocycles. The first kappa shape index (κ1) is 24.4. The Morgan fingerprint density at radius 2 is 1.73 bits per heavy atom. The Morgan fingerprint density at radius 1 is 0.973 bits per heavy atom. The van der Waals surface area contributed by atoms with Gasteiger partial charge in [0.25, 0.3) is 5.91 Å². The Labute approximate surface area is 219 Å². The van der Waals surface area contributed by atoms with Gasteiger partial charge < -0.3 is 10.3 Å². The zero-order valence-electron chi connectivity index (χ0n) is 20.4. The number of hydrogen-bond donors (Lipinski definition) is 2. The van der Waals surface area contributed by atoms with Crippen molar-refractivity contribution in [3.05, 3.63) is 95.0 Å². The third kappa shape index (κ3) is 5.15. The molecule has 3 aromatic carbocycles. The lowest BCUT2D eigenvalue weighted by atomic mass is 9.93. The second-order valence-electron chi connectivity index (χ2n) is 8.78. The minimum Gasteiger partial charge on any atom is -0.364 e. The van der Waals surface area contributed by atoms with Gasteiger partial charge in [0.2, 0.25) is 5.82 Å². The van der Waals surface area contributed by atoms with E-state index in [-0.39, 0.29) is 10.8 Å². The van der Waals surface area contributed by atoms with E-state index in [4.69, 9.17) is 17.3 Å². The Balaban J connectivity index is 1.51. The molecule has 5 aromatic rings. The van der Waals surface area contributed by atoms with Crippen LogP contribution in [0.2, 0.25) is 5.15 Å². The fraction of sp³-hybridized carbons (Fsp3) is 0.179. The molecule has 8 nitrogen and oxygen atoms in total. The molecule has 2 aromatic heterocycles. The molecule has 0 saturated carbocycles. The normalized spacial score (nSPS) is 11.1. The molecule has 0 bridgehead atoms. The predicted molar refractivity (Wildman–Crippen MR) is 144 cm³/mol. The van der Waals surface area contributed by atoms with Crippen molar-refractivity contribution >= 4 is 17.5 Å². The van der Waals surface area contributed by atoms with Crippen LogP contribution in [0.1, 0.15) is 41.6 Å². The molecule has 3 N–H and O–H groups in total. The molecule has 1 amide bonds. The topological polar surface area (TPSA) is 115 Å². The van der Waals surface area contributed by atoms with Crippen molar-refractivity contribution in [3.63, 3.8) is 0 Å². The highest BCUT2D eigenvalue weighted by molar-refractivity contribution is 6.32. The minimum absolute atomic E-state index is 0.151. The summed E-state index contributed by atoms with van der Waals surface area (Å²) in [5.74, 6) is 0.706. The number of aromatic amines is 1. The standard InChI is InChI=1S/C28H26ClN7O/c1-2-3-9-24-31-26(29)25(27(30)37)36(24)17-18-10-12-20(13-11-18)23-16-21(19-7-5-4-6-8-19)14-15-22(23)28-32-34-35-33-28/h4-8,10-16H,2-3,9,17H2,1H3,(H2,30,37)(H,32,33,34,35). The lowest BCUT2D eigenvalue weighted by molar-refractivity contribution is 0.0991. The molecule has 37 heavy (non-hydrogen) atoms. The summed E-state index contributed by atoms with van der Waals surface area (Å²) in [5.41, 5.74) is 12.0. The van der Waals surface area contributed by atoms with Crippen LogP contribution in [0.25, 0.3) is 33.6 Å². The van der Waals surface area contributed by atoms with Crippen molar-refractivity contribution < 1.29 is 4.79 Å². The first-order chi connectivity index (χ1) is 18.0. The first-order valence-electron chi connectivity index (χ1n) is 12.1. The van der Waals surface area contributed by atoms with E-state index >= 15 is 0 Å². The number of rotatable bonds is 9. The monoisotopic (exact) mass is 511 g/mol. The summed E-state index contributed by atoms with van der Waals surface area (Å²) in [6, 6.07) is 24.6. The van der Waals surface area contributed by atoms with Crippen molar-refractivity contribution in [2.45, 2.75) is 32.7 Å². The van der Waals surface area contributed by atoms with E-state index in [0.717, 1.165) is 58.5 Å². The quantitative estimate of drug-likeness (QED) is 0.269. The second-order valence-corrected chi connectivity index (χ2v) is 9.14. The van der Waals surface area contributed by atoms with Crippen LogP contribution in [0.5, 0.6) is 0 Å². The number of primary amides is 1. The Bertz CT molecular complexity index is 1510. The predicted octanol–water partition coefficient (Wildman–Crippen LogP) is 5.54. The van der Waals surface area contributed by atoms with E-state index < -0.39 is 5.91 Å². The SMILES string of the molecule is CCCCc1nc(Cl)c(C(N)=O)n1Cc1ccc(-c2cc(-c3ccccc3)ccc2-c2nn[nH]n2)cc1. The number of amides is 1. The number of imidazole rings is 1. The van der Waals surface area contributed by atoms with E-state index in [9.17, 15) is 4.79 Å². The number of H-pyrrole nitrogens is 1. The van der Waals surface area contributed by atoms with Gasteiger partial charge in [0.1, 0.15) is 11.5 Å². The van der Waals surface area contributed by atoms with E-state index in [1.165, 1.54) is 0 Å². The smallest absolute Gasteiger partial charge is 0.268 e. The zero-order valence-corrected chi connectivity index (χ0v) is 21.1. The number of nitrogens with two attached hydrogens (primary N) is 1. The van der Waals surface area contributed by atoms with Gasteiger partial charge in [-0.05, 0) is 51.6 Å². The maximum atomic E-state index is 12.1. The lowest BCUT2D eigenvalue weighted by Gasteiger charge is -2.13. The molecule has 0 spiro atoms. The lowest BCUT2D eigenvalue weighted by Crippen LogP contribution is -2.19. The summed E-state index contributed by atoms with van der Waals surface area (Å²) < 4.78 is 1.83. The second kappa shape index (κ2) is 10.8. The van der Waals surface area contributed by atoms with Gasteiger partial charge in [0, 0.05) is 18.5 Å². The van der Waals surface area contributed by atoms with Crippen LogP contribution in [0.3, 0.4) is 0 Å². The fourth-order valence-electron chi connectivity index (χ4n) is 4.43. The van der Waals surface area contributed by atoms with E-state index in [2.05, 4.69) is 68.9 Å². The molecule has 0 unspecified atom stereocenters. The highest BCUT2D eigenvalue weighted by Crippen LogP contribution is 2.34. The van der Waals surface area contributed by atoms with Crippen molar-refractivity contribution in [1.29, 1.82) is 0 Å². The van der Waals surface area contributed by atoms with Gasteiger partial charge in [-0.1, -0.05) is 85.6 Å². The average molecular weight is 512 g/mol. The molecular weight excluding hydrogens is 486 g/mol. The number of carbonyl (C=O) groups is 1. The van der Waals surface area contributed by atoms with Crippen LogP contribution < -0.4 is 5.73 Å². The van der Waals surface area contributed by atoms with Gasteiger partial charge in [-0.2, -0.15) is 5.21 Å². The molecule has 186 valence electrons. The number of nitrogens with one attached hydrogen (secondary N) is 1. The molecular formula is C28H26ClN7O. The van der Waals surface area contributed by atoms with Gasteiger partial charge in [-0.25, -0.2) is 4.98 Å². The third-order valence-electron chi connectivity index (χ3n) is 6.31. The van der Waals surface area contributed by atoms with Crippen LogP contribution in [0.15, 0.2) is 72.8 Å². The molecule has 9 heteroatoms. The molecule has 0 aliphatic carbocycles. The van der Waals surface area contributed by atoms with Crippen molar-refractivity contribution in [1.82, 2.24) is 30.2 Å². The Kier molecular flexibility index (Phi) is 7.09. The molecule has 5 rings (SSSR count). The number of aryl methyl sites for hydroxylation is 1. The molecule has 0 atom stereocenters. The number of halogens is 1. The number of benzene rings is 3. The van der Waals surface area contributed by atoms with Crippen molar-refractivity contribution in [2.75, 3.05) is 0 Å². The third-order valence-corrected chi connectivity index (χ3v) is 6.57. The maximum absolute atomic E-state index is 12.1. The molecule has 0 aliphatic rings. The summed E-state index contributed by atoms with van der Waals surface area (Å²) in [5, 5.41) is 14.8. The molecule has 0 fully saturated rings. The number of hydrogen-bond acceptors (Lipinski definition) is 5. The van der Waals surface area contributed by atoms with Crippen LogP contribution in [-0.4, -0.2) is 36.1 Å². The number of unbranched alkanes of at least 4 members (excludes halogenated alkanes) is 1. The number of aromatic nitrogens is 6. The highest BCUT2D eigenvalue weighted by Gasteiger charge is 2.20. The molecule has 2 heterocycles. The first-order valence-corrected chi connectivity index (χ1v) is 12.5. The van der Waals surface area contributed by atoms with Gasteiger partial charge >= 0.3 is 0 Å². The summed E-state index contributed by atoms with van der Waals surface area (Å²) in [6.07, 6.45) is 2.68. The van der Waals surface area contributed by atoms with Gasteiger partial charge in [0.05, 0.1) is 0 Å². The fourth-order valence-corrected chi connectivity index (χ4v) is 4.73. The van der Waals surface area contributed by atoms with Gasteiger partial charge in [0.15, 0.2) is 5.15 Å².